The van der Waals surface area contributed by atoms with Crippen molar-refractivity contribution in [3.8, 4) is 0 Å². The average molecular weight is 165 g/mol. The monoisotopic (exact) mass is 165 g/mol. The predicted molar refractivity (Wildman–Crippen MR) is 46.8 cm³/mol. The summed E-state index contributed by atoms with van der Waals surface area (Å²) in [5.41, 5.74) is 7.88. The lowest BCUT2D eigenvalue weighted by molar-refractivity contribution is -0.672. The molecule has 0 fully saturated rings. The fourth-order valence-electron chi connectivity index (χ4n) is 1.18. The second-order valence-electron chi connectivity index (χ2n) is 2.77. The first-order valence-electron chi connectivity index (χ1n) is 3.92. The van der Waals surface area contributed by atoms with Gasteiger partial charge in [-0.05, 0) is 12.5 Å². The Morgan fingerprint density at radius 1 is 1.67 bits per heavy atom. The summed E-state index contributed by atoms with van der Waals surface area (Å²) in [6, 6.07) is 1.84. The first-order valence-corrected chi connectivity index (χ1v) is 3.92. The van der Waals surface area contributed by atoms with E-state index in [9.17, 15) is 4.79 Å². The SMILES string of the molecule is CCc1cc(N)c(C=O)[n+](C)c1. The van der Waals surface area contributed by atoms with Crippen LogP contribution in [0, 0.1) is 0 Å². The molecule has 0 saturated heterocycles. The third kappa shape index (κ3) is 1.44. The molecule has 0 saturated carbocycles. The summed E-state index contributed by atoms with van der Waals surface area (Å²) in [4.78, 5) is 10.5. The van der Waals surface area contributed by atoms with Crippen molar-refractivity contribution in [3.63, 3.8) is 0 Å². The zero-order valence-electron chi connectivity index (χ0n) is 7.37. The molecule has 12 heavy (non-hydrogen) atoms. The highest BCUT2D eigenvalue weighted by Gasteiger charge is 2.10. The van der Waals surface area contributed by atoms with Gasteiger partial charge in [-0.3, -0.25) is 4.79 Å². The van der Waals surface area contributed by atoms with Gasteiger partial charge >= 0.3 is 0 Å². The maximum Gasteiger partial charge on any atom is 0.268 e. The van der Waals surface area contributed by atoms with Crippen LogP contribution in [0.2, 0.25) is 0 Å². The number of hydrogen-bond donors (Lipinski definition) is 1. The van der Waals surface area contributed by atoms with E-state index < -0.39 is 0 Å². The summed E-state index contributed by atoms with van der Waals surface area (Å²) < 4.78 is 1.75. The van der Waals surface area contributed by atoms with Gasteiger partial charge in [-0.2, -0.15) is 4.57 Å². The van der Waals surface area contributed by atoms with Gasteiger partial charge < -0.3 is 5.73 Å². The molecule has 0 aliphatic rings. The van der Waals surface area contributed by atoms with Gasteiger partial charge in [-0.1, -0.05) is 6.92 Å². The summed E-state index contributed by atoms with van der Waals surface area (Å²) in [7, 11) is 1.82. The van der Waals surface area contributed by atoms with Crippen LogP contribution in [0.4, 0.5) is 5.69 Å². The molecule has 3 nitrogen and oxygen atoms in total. The van der Waals surface area contributed by atoms with Crippen molar-refractivity contribution in [2.75, 3.05) is 5.73 Å². The molecule has 0 bridgehead atoms. The molecule has 1 rings (SSSR count). The summed E-state index contributed by atoms with van der Waals surface area (Å²) in [5, 5.41) is 0. The maximum atomic E-state index is 10.5. The van der Waals surface area contributed by atoms with Crippen molar-refractivity contribution in [3.05, 3.63) is 23.5 Å². The van der Waals surface area contributed by atoms with Crippen LogP contribution in [0.15, 0.2) is 12.3 Å². The van der Waals surface area contributed by atoms with Crippen LogP contribution in [0.3, 0.4) is 0 Å². The second-order valence-corrected chi connectivity index (χ2v) is 2.77. The fourth-order valence-corrected chi connectivity index (χ4v) is 1.18. The zero-order chi connectivity index (χ0) is 9.14. The van der Waals surface area contributed by atoms with E-state index in [0.717, 1.165) is 18.3 Å². The number of rotatable bonds is 2. The van der Waals surface area contributed by atoms with Gasteiger partial charge in [0.2, 0.25) is 6.29 Å². The molecular formula is C9H13N2O+. The van der Waals surface area contributed by atoms with Crippen LogP contribution >= 0.6 is 0 Å². The van der Waals surface area contributed by atoms with E-state index in [-0.39, 0.29) is 0 Å². The predicted octanol–water partition coefficient (Wildman–Crippen LogP) is 0.468. The number of nitrogens with two attached hydrogens (primary N) is 1. The van der Waals surface area contributed by atoms with Crippen molar-refractivity contribution in [2.45, 2.75) is 13.3 Å². The van der Waals surface area contributed by atoms with Gasteiger partial charge in [-0.15, -0.1) is 0 Å². The average Bonchev–Trinajstić information content (AvgIpc) is 2.03. The van der Waals surface area contributed by atoms with Crippen molar-refractivity contribution in [1.82, 2.24) is 0 Å². The van der Waals surface area contributed by atoms with E-state index in [4.69, 9.17) is 5.73 Å². The number of nitrogen functional groups attached to an aromatic ring is 1. The van der Waals surface area contributed by atoms with Crippen LogP contribution in [0.25, 0.3) is 0 Å². The molecule has 0 radical (unpaired) electrons. The topological polar surface area (TPSA) is 47.0 Å². The van der Waals surface area contributed by atoms with Gasteiger partial charge in [0.15, 0.2) is 6.20 Å². The lowest BCUT2D eigenvalue weighted by Gasteiger charge is -1.99. The third-order valence-corrected chi connectivity index (χ3v) is 1.90. The summed E-state index contributed by atoms with van der Waals surface area (Å²) in [5.74, 6) is 0. The molecule has 1 aromatic rings. The van der Waals surface area contributed by atoms with E-state index in [1.54, 1.807) is 4.57 Å². The molecule has 0 aliphatic heterocycles. The Labute approximate surface area is 71.8 Å². The minimum Gasteiger partial charge on any atom is -0.393 e. The van der Waals surface area contributed by atoms with Gasteiger partial charge in [0.25, 0.3) is 5.69 Å². The lowest BCUT2D eigenvalue weighted by atomic mass is 10.2. The first-order chi connectivity index (χ1) is 5.69. The van der Waals surface area contributed by atoms with Crippen LogP contribution in [-0.2, 0) is 13.5 Å². The van der Waals surface area contributed by atoms with Gasteiger partial charge in [0.1, 0.15) is 12.7 Å². The second kappa shape index (κ2) is 3.34. The third-order valence-electron chi connectivity index (χ3n) is 1.90. The minimum absolute atomic E-state index is 0.534. The number of aryl methyl sites for hydroxylation is 2. The normalized spacial score (nSPS) is 9.83. The Hall–Kier alpha value is -1.38. The highest BCUT2D eigenvalue weighted by Crippen LogP contribution is 2.07. The molecule has 64 valence electrons. The Bertz CT molecular complexity index is 284. The first kappa shape index (κ1) is 8.71. The number of aromatic nitrogens is 1. The molecule has 0 unspecified atom stereocenters. The number of nitrogens with zero attached hydrogens (tertiary/aromatic N) is 1. The standard InChI is InChI=1S/C9H12N2O/c1-3-7-4-8(10)9(6-12)11(2)5-7/h4-6H,3H2,1-2H3,(H-,10,12)/p+1. The number of carbonyl (C=O) groups is 1. The van der Waals surface area contributed by atoms with Gasteiger partial charge in [0, 0.05) is 5.56 Å². The van der Waals surface area contributed by atoms with Crippen LogP contribution in [0.1, 0.15) is 23.0 Å². The van der Waals surface area contributed by atoms with E-state index in [1.165, 1.54) is 0 Å². The van der Waals surface area contributed by atoms with E-state index >= 15 is 0 Å². The number of hydrogen-bond acceptors (Lipinski definition) is 2. The summed E-state index contributed by atoms with van der Waals surface area (Å²) in [6.45, 7) is 2.05. The molecule has 0 atom stereocenters. The minimum atomic E-state index is 0.534. The van der Waals surface area contributed by atoms with Gasteiger partial charge in [-0.25, -0.2) is 0 Å². The maximum absolute atomic E-state index is 10.5. The zero-order valence-corrected chi connectivity index (χ0v) is 7.37. The van der Waals surface area contributed by atoms with Crippen molar-refractivity contribution in [1.29, 1.82) is 0 Å². The summed E-state index contributed by atoms with van der Waals surface area (Å²) in [6.07, 6.45) is 3.62. The van der Waals surface area contributed by atoms with Crippen LogP contribution in [-0.4, -0.2) is 6.29 Å². The smallest absolute Gasteiger partial charge is 0.268 e. The molecular weight excluding hydrogens is 152 g/mol. The van der Waals surface area contributed by atoms with Crippen molar-refractivity contribution in [2.24, 2.45) is 7.05 Å². The number of pyridine rings is 1. The van der Waals surface area contributed by atoms with Gasteiger partial charge in [0.05, 0.1) is 0 Å². The Kier molecular flexibility index (Phi) is 2.43. The Balaban J connectivity index is 3.27. The van der Waals surface area contributed by atoms with Crippen molar-refractivity contribution >= 4 is 12.0 Å². The highest BCUT2D eigenvalue weighted by molar-refractivity contribution is 5.78. The Morgan fingerprint density at radius 3 is 2.75 bits per heavy atom. The fraction of sp³-hybridized carbons (Fsp3) is 0.333. The molecule has 3 heteroatoms. The number of anilines is 1. The van der Waals surface area contributed by atoms with Crippen LogP contribution in [0.5, 0.6) is 0 Å². The van der Waals surface area contributed by atoms with E-state index in [0.29, 0.717) is 11.4 Å². The molecule has 0 aliphatic carbocycles. The lowest BCUT2D eigenvalue weighted by Crippen LogP contribution is -2.34. The molecule has 0 aromatic carbocycles. The van der Waals surface area contributed by atoms with Crippen LogP contribution < -0.4 is 10.3 Å². The molecule has 1 aromatic heterocycles. The van der Waals surface area contributed by atoms with E-state index in [2.05, 4.69) is 6.92 Å². The number of aldehydes is 1. The molecule has 2 N–H and O–H groups in total. The largest absolute Gasteiger partial charge is 0.393 e. The molecule has 0 amide bonds. The molecule has 1 heterocycles. The quantitative estimate of drug-likeness (QED) is 0.511. The van der Waals surface area contributed by atoms with Crippen molar-refractivity contribution < 1.29 is 9.36 Å². The molecule has 0 spiro atoms. The summed E-state index contributed by atoms with van der Waals surface area (Å²) >= 11 is 0. The number of carbonyl (C=O) groups excluding carboxylic acids is 1. The highest BCUT2D eigenvalue weighted by atomic mass is 16.1. The Morgan fingerprint density at radius 2 is 2.33 bits per heavy atom. The van der Waals surface area contributed by atoms with E-state index in [1.807, 2.05) is 19.3 Å².